The number of hydrogen-bond donors (Lipinski definition) is 1. The number of thiophene rings is 1. The summed E-state index contributed by atoms with van der Waals surface area (Å²) >= 11 is 1.19. The summed E-state index contributed by atoms with van der Waals surface area (Å²) in [5, 5.41) is 9.72. The van der Waals surface area contributed by atoms with Gasteiger partial charge in [-0.15, -0.1) is 16.4 Å². The summed E-state index contributed by atoms with van der Waals surface area (Å²) < 4.78 is 34.3. The Balaban J connectivity index is 1.63. The van der Waals surface area contributed by atoms with Gasteiger partial charge in [0.1, 0.15) is 4.21 Å². The van der Waals surface area contributed by atoms with Crippen LogP contribution in [0.15, 0.2) is 21.7 Å². The minimum atomic E-state index is -3.45. The molecule has 0 unspecified atom stereocenters. The molecule has 3 rings (SSSR count). The topological polar surface area (TPSA) is 86.1 Å². The Kier molecular flexibility index (Phi) is 3.59. The van der Waals surface area contributed by atoms with Crippen LogP contribution in [0.4, 0.5) is 0 Å². The second-order valence-corrected chi connectivity index (χ2v) is 7.46. The van der Waals surface area contributed by atoms with Gasteiger partial charge in [0.05, 0.1) is 30.6 Å². The Morgan fingerprint density at radius 1 is 1.60 bits per heavy atom. The highest BCUT2D eigenvalue weighted by Crippen LogP contribution is 2.17. The Morgan fingerprint density at radius 2 is 2.45 bits per heavy atom. The molecule has 1 atom stereocenters. The Hall–Kier alpha value is -1.29. The molecule has 2 aromatic heterocycles. The van der Waals surface area contributed by atoms with Crippen LogP contribution in [0.2, 0.25) is 0 Å². The third-order valence-corrected chi connectivity index (χ3v) is 5.95. The highest BCUT2D eigenvalue weighted by molar-refractivity contribution is 7.91. The van der Waals surface area contributed by atoms with Gasteiger partial charge < -0.3 is 4.74 Å². The molecular formula is C11H14N4O3S2. The van der Waals surface area contributed by atoms with Gasteiger partial charge in [0.25, 0.3) is 0 Å². The number of nitrogens with one attached hydrogen (secondary N) is 1. The van der Waals surface area contributed by atoms with E-state index in [2.05, 4.69) is 15.0 Å². The number of rotatable bonds is 4. The van der Waals surface area contributed by atoms with E-state index in [-0.39, 0.29) is 12.6 Å². The van der Waals surface area contributed by atoms with E-state index >= 15 is 0 Å². The summed E-state index contributed by atoms with van der Waals surface area (Å²) in [5.74, 6) is 0. The first kappa shape index (κ1) is 13.7. The van der Waals surface area contributed by atoms with Crippen LogP contribution in [0, 0.1) is 6.92 Å². The first-order chi connectivity index (χ1) is 9.56. The highest BCUT2D eigenvalue weighted by Gasteiger charge is 2.24. The van der Waals surface area contributed by atoms with E-state index in [1.165, 1.54) is 11.3 Å². The van der Waals surface area contributed by atoms with Gasteiger partial charge in [0, 0.05) is 6.54 Å². The molecule has 7 nitrogen and oxygen atoms in total. The zero-order valence-corrected chi connectivity index (χ0v) is 12.4. The van der Waals surface area contributed by atoms with Gasteiger partial charge in [0.15, 0.2) is 0 Å². The molecule has 2 aromatic rings. The maximum atomic E-state index is 12.0. The summed E-state index contributed by atoms with van der Waals surface area (Å²) in [6.45, 7) is 3.01. The third kappa shape index (κ3) is 2.62. The molecule has 0 aromatic carbocycles. The molecule has 0 bridgehead atoms. The van der Waals surface area contributed by atoms with Gasteiger partial charge in [-0.3, -0.25) is 0 Å². The summed E-state index contributed by atoms with van der Waals surface area (Å²) in [7, 11) is -3.45. The van der Waals surface area contributed by atoms with Crippen molar-refractivity contribution < 1.29 is 13.2 Å². The van der Waals surface area contributed by atoms with E-state index < -0.39 is 10.0 Å². The maximum Gasteiger partial charge on any atom is 0.250 e. The van der Waals surface area contributed by atoms with Crippen molar-refractivity contribution in [2.24, 2.45) is 0 Å². The Morgan fingerprint density at radius 3 is 3.20 bits per heavy atom. The van der Waals surface area contributed by atoms with Crippen LogP contribution in [0.25, 0.3) is 0 Å². The molecule has 3 heterocycles. The van der Waals surface area contributed by atoms with Crippen molar-refractivity contribution in [3.05, 3.63) is 28.9 Å². The minimum absolute atomic E-state index is 0.221. The van der Waals surface area contributed by atoms with Crippen LogP contribution in [0.5, 0.6) is 0 Å². The number of hydrogen-bond acceptors (Lipinski definition) is 6. The highest BCUT2D eigenvalue weighted by atomic mass is 32.2. The van der Waals surface area contributed by atoms with Crippen molar-refractivity contribution in [2.75, 3.05) is 6.54 Å². The van der Waals surface area contributed by atoms with Crippen LogP contribution in [0.1, 0.15) is 11.4 Å². The third-order valence-electron chi connectivity index (χ3n) is 3.13. The van der Waals surface area contributed by atoms with Gasteiger partial charge in [-0.25, -0.2) is 17.8 Å². The fraction of sp³-hybridized carbons (Fsp3) is 0.455. The van der Waals surface area contributed by atoms with Crippen molar-refractivity contribution >= 4 is 21.4 Å². The van der Waals surface area contributed by atoms with Gasteiger partial charge in [-0.2, -0.15) is 0 Å². The van der Waals surface area contributed by atoms with Crippen molar-refractivity contribution in [1.82, 2.24) is 19.7 Å². The average molecular weight is 314 g/mol. The molecular weight excluding hydrogens is 300 g/mol. The zero-order valence-electron chi connectivity index (χ0n) is 10.8. The van der Waals surface area contributed by atoms with Crippen LogP contribution in [0.3, 0.4) is 0 Å². The SMILES string of the molecule is Cc1nnn2c1CO[C@@H](CNS(=O)(=O)c1cccs1)C2. The molecule has 0 aliphatic carbocycles. The van der Waals surface area contributed by atoms with Gasteiger partial charge >= 0.3 is 0 Å². The minimum Gasteiger partial charge on any atom is -0.369 e. The normalized spacial score (nSPS) is 18.9. The number of aryl methyl sites for hydroxylation is 1. The smallest absolute Gasteiger partial charge is 0.250 e. The Bertz CT molecular complexity index is 693. The molecule has 0 spiro atoms. The fourth-order valence-electron chi connectivity index (χ4n) is 2.00. The largest absolute Gasteiger partial charge is 0.369 e. The van der Waals surface area contributed by atoms with E-state index in [1.807, 2.05) is 6.92 Å². The second-order valence-electron chi connectivity index (χ2n) is 4.52. The first-order valence-electron chi connectivity index (χ1n) is 6.10. The van der Waals surface area contributed by atoms with E-state index in [4.69, 9.17) is 4.74 Å². The van der Waals surface area contributed by atoms with Crippen molar-refractivity contribution in [3.8, 4) is 0 Å². The molecule has 20 heavy (non-hydrogen) atoms. The van der Waals surface area contributed by atoms with Gasteiger partial charge in [0.2, 0.25) is 10.0 Å². The fourth-order valence-corrected chi connectivity index (χ4v) is 4.11. The number of nitrogens with zero attached hydrogens (tertiary/aromatic N) is 3. The lowest BCUT2D eigenvalue weighted by atomic mass is 10.2. The standard InChI is InChI=1S/C11H14N4O3S2/c1-8-10-7-18-9(6-15(10)14-13-8)5-12-20(16,17)11-3-2-4-19-11/h2-4,9,12H,5-7H2,1H3/t9-/m0/s1. The number of ether oxygens (including phenoxy) is 1. The monoisotopic (exact) mass is 314 g/mol. The summed E-state index contributed by atoms with van der Waals surface area (Å²) in [6, 6.07) is 3.29. The lowest BCUT2D eigenvalue weighted by Crippen LogP contribution is -2.38. The van der Waals surface area contributed by atoms with Crippen LogP contribution in [-0.4, -0.2) is 36.1 Å². The quantitative estimate of drug-likeness (QED) is 0.889. The lowest BCUT2D eigenvalue weighted by Gasteiger charge is -2.23. The van der Waals surface area contributed by atoms with Crippen molar-refractivity contribution in [1.29, 1.82) is 0 Å². The summed E-state index contributed by atoms with van der Waals surface area (Å²) in [4.78, 5) is 0. The maximum absolute atomic E-state index is 12.0. The van der Waals surface area contributed by atoms with Crippen molar-refractivity contribution in [3.63, 3.8) is 0 Å². The van der Waals surface area contributed by atoms with Crippen LogP contribution < -0.4 is 4.72 Å². The number of fused-ring (bicyclic) bond motifs is 1. The molecule has 1 aliphatic heterocycles. The average Bonchev–Trinajstić information content (AvgIpc) is 3.07. The van der Waals surface area contributed by atoms with Crippen molar-refractivity contribution in [2.45, 2.75) is 30.4 Å². The van der Waals surface area contributed by atoms with E-state index in [9.17, 15) is 8.42 Å². The first-order valence-corrected chi connectivity index (χ1v) is 8.46. The predicted molar refractivity (Wildman–Crippen MR) is 72.8 cm³/mol. The van der Waals surface area contributed by atoms with Gasteiger partial charge in [-0.1, -0.05) is 11.3 Å². The van der Waals surface area contributed by atoms with E-state index in [0.29, 0.717) is 17.4 Å². The molecule has 1 aliphatic rings. The predicted octanol–water partition coefficient (Wildman–Crippen LogP) is 0.525. The van der Waals surface area contributed by atoms with Gasteiger partial charge in [-0.05, 0) is 18.4 Å². The molecule has 9 heteroatoms. The summed E-state index contributed by atoms with van der Waals surface area (Å²) in [6.07, 6.45) is -0.238. The molecule has 0 saturated heterocycles. The lowest BCUT2D eigenvalue weighted by molar-refractivity contribution is 0.00375. The molecule has 0 saturated carbocycles. The zero-order chi connectivity index (χ0) is 14.2. The Labute approximate surface area is 120 Å². The van der Waals surface area contributed by atoms with E-state index in [0.717, 1.165) is 11.4 Å². The van der Waals surface area contributed by atoms with Crippen LogP contribution in [-0.2, 0) is 27.9 Å². The van der Waals surface area contributed by atoms with E-state index in [1.54, 1.807) is 22.2 Å². The summed E-state index contributed by atoms with van der Waals surface area (Å²) in [5.41, 5.74) is 1.80. The molecule has 0 amide bonds. The second kappa shape index (κ2) is 5.24. The number of aromatic nitrogens is 3. The molecule has 0 radical (unpaired) electrons. The molecule has 1 N–H and O–H groups in total. The molecule has 0 fully saturated rings. The van der Waals surface area contributed by atoms with Crippen LogP contribution >= 0.6 is 11.3 Å². The molecule has 108 valence electrons. The number of sulfonamides is 1.